The van der Waals surface area contributed by atoms with Crippen molar-refractivity contribution in [3.63, 3.8) is 0 Å². The molecule has 0 fully saturated rings. The van der Waals surface area contributed by atoms with E-state index in [1.165, 1.54) is 0 Å². The number of hydrogen-bond acceptors (Lipinski definition) is 4. The second kappa shape index (κ2) is 8.91. The molecular weight excluding hydrogens is 230 g/mol. The molecule has 0 heterocycles. The van der Waals surface area contributed by atoms with E-state index in [0.717, 1.165) is 24.4 Å². The zero-order valence-corrected chi connectivity index (χ0v) is 11.3. The van der Waals surface area contributed by atoms with E-state index in [-0.39, 0.29) is 6.61 Å². The fourth-order valence-corrected chi connectivity index (χ4v) is 1.80. The van der Waals surface area contributed by atoms with Gasteiger partial charge in [0.05, 0.1) is 19.8 Å². The number of methoxy groups -OCH3 is 1. The van der Waals surface area contributed by atoms with Crippen LogP contribution in [0, 0.1) is 0 Å². The lowest BCUT2D eigenvalue weighted by atomic mass is 10.2. The van der Waals surface area contributed by atoms with Crippen LogP contribution in [-0.4, -0.2) is 50.0 Å². The number of aliphatic hydroxyl groups is 1. The minimum Gasteiger partial charge on any atom is -0.494 e. The molecule has 1 aromatic carbocycles. The zero-order valence-electron chi connectivity index (χ0n) is 11.3. The summed E-state index contributed by atoms with van der Waals surface area (Å²) in [6, 6.07) is 8.01. The summed E-state index contributed by atoms with van der Waals surface area (Å²) in [7, 11) is 1.69. The first kappa shape index (κ1) is 15.0. The monoisotopic (exact) mass is 253 g/mol. The van der Waals surface area contributed by atoms with Crippen LogP contribution in [0.4, 0.5) is 0 Å². The average Bonchev–Trinajstić information content (AvgIpc) is 2.39. The van der Waals surface area contributed by atoms with Crippen LogP contribution in [0.1, 0.15) is 12.5 Å². The second-order valence-electron chi connectivity index (χ2n) is 4.03. The number of para-hydroxylation sites is 1. The van der Waals surface area contributed by atoms with E-state index in [0.29, 0.717) is 19.8 Å². The quantitative estimate of drug-likeness (QED) is 0.724. The molecule has 0 aliphatic rings. The first-order chi connectivity index (χ1) is 8.81. The van der Waals surface area contributed by atoms with Crippen molar-refractivity contribution < 1.29 is 14.6 Å². The van der Waals surface area contributed by atoms with Crippen molar-refractivity contribution >= 4 is 0 Å². The van der Waals surface area contributed by atoms with Crippen molar-refractivity contribution in [3.05, 3.63) is 29.8 Å². The Kier molecular flexibility index (Phi) is 7.41. The van der Waals surface area contributed by atoms with Crippen LogP contribution in [-0.2, 0) is 11.3 Å². The summed E-state index contributed by atoms with van der Waals surface area (Å²) >= 11 is 0. The van der Waals surface area contributed by atoms with E-state index in [9.17, 15) is 0 Å². The first-order valence-corrected chi connectivity index (χ1v) is 6.34. The predicted molar refractivity (Wildman–Crippen MR) is 71.8 cm³/mol. The minimum absolute atomic E-state index is 0.153. The number of nitrogens with zero attached hydrogens (tertiary/aromatic N) is 1. The molecule has 0 unspecified atom stereocenters. The molecule has 0 saturated carbocycles. The molecule has 1 N–H and O–H groups in total. The van der Waals surface area contributed by atoms with E-state index in [2.05, 4.69) is 11.0 Å². The summed E-state index contributed by atoms with van der Waals surface area (Å²) in [5.41, 5.74) is 1.14. The topological polar surface area (TPSA) is 41.9 Å². The molecule has 4 nitrogen and oxygen atoms in total. The third kappa shape index (κ3) is 5.04. The Morgan fingerprint density at radius 2 is 2.00 bits per heavy atom. The van der Waals surface area contributed by atoms with Gasteiger partial charge in [0, 0.05) is 32.3 Å². The molecule has 0 amide bonds. The van der Waals surface area contributed by atoms with Gasteiger partial charge < -0.3 is 14.6 Å². The van der Waals surface area contributed by atoms with Crippen LogP contribution < -0.4 is 4.74 Å². The third-order valence-corrected chi connectivity index (χ3v) is 2.69. The van der Waals surface area contributed by atoms with Gasteiger partial charge in [-0.25, -0.2) is 0 Å². The van der Waals surface area contributed by atoms with Crippen molar-refractivity contribution in [2.24, 2.45) is 0 Å². The maximum Gasteiger partial charge on any atom is 0.123 e. The number of rotatable bonds is 9. The van der Waals surface area contributed by atoms with Gasteiger partial charge in [0.25, 0.3) is 0 Å². The smallest absolute Gasteiger partial charge is 0.123 e. The van der Waals surface area contributed by atoms with Crippen molar-refractivity contribution in [3.8, 4) is 5.75 Å². The summed E-state index contributed by atoms with van der Waals surface area (Å²) in [5.74, 6) is 0.917. The summed E-state index contributed by atoms with van der Waals surface area (Å²) in [4.78, 5) is 2.15. The fraction of sp³-hybridized carbons (Fsp3) is 0.571. The van der Waals surface area contributed by atoms with Gasteiger partial charge in [-0.1, -0.05) is 18.2 Å². The van der Waals surface area contributed by atoms with Gasteiger partial charge in [0.1, 0.15) is 5.75 Å². The van der Waals surface area contributed by atoms with Crippen LogP contribution in [0.25, 0.3) is 0 Å². The molecule has 1 aromatic rings. The molecule has 0 spiro atoms. The lowest BCUT2D eigenvalue weighted by Crippen LogP contribution is -2.30. The van der Waals surface area contributed by atoms with Crippen LogP contribution in [0.15, 0.2) is 24.3 Å². The maximum absolute atomic E-state index is 9.07. The molecule has 0 aliphatic heterocycles. The summed E-state index contributed by atoms with van der Waals surface area (Å²) in [6.07, 6.45) is 0. The molecule has 0 radical (unpaired) electrons. The van der Waals surface area contributed by atoms with Gasteiger partial charge in [-0.3, -0.25) is 4.90 Å². The average molecular weight is 253 g/mol. The molecule has 1 rings (SSSR count). The lowest BCUT2D eigenvalue weighted by molar-refractivity contribution is 0.126. The highest BCUT2D eigenvalue weighted by molar-refractivity contribution is 5.33. The largest absolute Gasteiger partial charge is 0.494 e. The van der Waals surface area contributed by atoms with E-state index >= 15 is 0 Å². The molecular formula is C14H23NO3. The number of hydrogen-bond donors (Lipinski definition) is 1. The van der Waals surface area contributed by atoms with Gasteiger partial charge in [-0.15, -0.1) is 0 Å². The molecule has 4 heteroatoms. The Bertz CT molecular complexity index is 331. The Labute approximate surface area is 109 Å². The predicted octanol–water partition coefficient (Wildman–Crippen LogP) is 1.53. The normalized spacial score (nSPS) is 10.9. The minimum atomic E-state index is 0.153. The highest BCUT2D eigenvalue weighted by Crippen LogP contribution is 2.19. The van der Waals surface area contributed by atoms with Gasteiger partial charge in [-0.05, 0) is 13.0 Å². The van der Waals surface area contributed by atoms with Gasteiger partial charge in [-0.2, -0.15) is 0 Å². The fourth-order valence-electron chi connectivity index (χ4n) is 1.80. The summed E-state index contributed by atoms with van der Waals surface area (Å²) in [6.45, 7) is 5.67. The number of ether oxygens (including phenoxy) is 2. The molecule has 0 bridgehead atoms. The molecule has 0 aliphatic carbocycles. The molecule has 18 heavy (non-hydrogen) atoms. The van der Waals surface area contributed by atoms with Crippen LogP contribution >= 0.6 is 0 Å². The first-order valence-electron chi connectivity index (χ1n) is 6.34. The van der Waals surface area contributed by atoms with Gasteiger partial charge in [0.15, 0.2) is 0 Å². The number of benzene rings is 1. The SMILES string of the molecule is CCOc1ccccc1CN(CCO)CCOC. The molecule has 0 atom stereocenters. The molecule has 0 saturated heterocycles. The van der Waals surface area contributed by atoms with Crippen LogP contribution in [0.2, 0.25) is 0 Å². The Hall–Kier alpha value is -1.10. The lowest BCUT2D eigenvalue weighted by Gasteiger charge is -2.22. The van der Waals surface area contributed by atoms with E-state index < -0.39 is 0 Å². The second-order valence-corrected chi connectivity index (χ2v) is 4.03. The highest BCUT2D eigenvalue weighted by Gasteiger charge is 2.09. The van der Waals surface area contributed by atoms with Crippen molar-refractivity contribution in [2.45, 2.75) is 13.5 Å². The number of aliphatic hydroxyl groups excluding tert-OH is 1. The van der Waals surface area contributed by atoms with Crippen molar-refractivity contribution in [2.75, 3.05) is 40.0 Å². The van der Waals surface area contributed by atoms with Gasteiger partial charge in [0.2, 0.25) is 0 Å². The Morgan fingerprint density at radius 3 is 2.67 bits per heavy atom. The molecule has 102 valence electrons. The summed E-state index contributed by atoms with van der Waals surface area (Å²) in [5, 5.41) is 9.07. The van der Waals surface area contributed by atoms with Crippen LogP contribution in [0.5, 0.6) is 5.75 Å². The Morgan fingerprint density at radius 1 is 1.22 bits per heavy atom. The molecule has 0 aromatic heterocycles. The van der Waals surface area contributed by atoms with Gasteiger partial charge >= 0.3 is 0 Å². The van der Waals surface area contributed by atoms with E-state index in [1.807, 2.05) is 25.1 Å². The summed E-state index contributed by atoms with van der Waals surface area (Å²) < 4.78 is 10.7. The van der Waals surface area contributed by atoms with Crippen molar-refractivity contribution in [1.29, 1.82) is 0 Å². The zero-order chi connectivity index (χ0) is 13.2. The van der Waals surface area contributed by atoms with Crippen molar-refractivity contribution in [1.82, 2.24) is 4.90 Å². The van der Waals surface area contributed by atoms with E-state index in [1.54, 1.807) is 7.11 Å². The third-order valence-electron chi connectivity index (χ3n) is 2.69. The highest BCUT2D eigenvalue weighted by atomic mass is 16.5. The maximum atomic E-state index is 9.07. The standard InChI is InChI=1S/C14H23NO3/c1-3-18-14-7-5-4-6-13(14)12-15(8-10-16)9-11-17-2/h4-7,16H,3,8-12H2,1-2H3. The Balaban J connectivity index is 2.66. The van der Waals surface area contributed by atoms with E-state index in [4.69, 9.17) is 14.6 Å². The van der Waals surface area contributed by atoms with Crippen LogP contribution in [0.3, 0.4) is 0 Å².